The highest BCUT2D eigenvalue weighted by Gasteiger charge is 2.29. The SMILES string of the molecule is CCC(CC)(CN)N(C)Cc1ccco1. The van der Waals surface area contributed by atoms with Crippen molar-refractivity contribution in [2.45, 2.75) is 38.8 Å². The largest absolute Gasteiger partial charge is 0.468 e. The van der Waals surface area contributed by atoms with Crippen molar-refractivity contribution in [3.8, 4) is 0 Å². The highest BCUT2D eigenvalue weighted by molar-refractivity contribution is 5.00. The van der Waals surface area contributed by atoms with Gasteiger partial charge in [0.25, 0.3) is 0 Å². The first kappa shape index (κ1) is 12.3. The van der Waals surface area contributed by atoms with E-state index < -0.39 is 0 Å². The van der Waals surface area contributed by atoms with E-state index in [1.54, 1.807) is 6.26 Å². The topological polar surface area (TPSA) is 42.4 Å². The lowest BCUT2D eigenvalue weighted by atomic mass is 9.91. The van der Waals surface area contributed by atoms with E-state index >= 15 is 0 Å². The number of nitrogens with two attached hydrogens (primary N) is 1. The summed E-state index contributed by atoms with van der Waals surface area (Å²) in [6, 6.07) is 3.92. The van der Waals surface area contributed by atoms with E-state index in [-0.39, 0.29) is 5.54 Å². The smallest absolute Gasteiger partial charge is 0.117 e. The van der Waals surface area contributed by atoms with E-state index in [9.17, 15) is 0 Å². The molecule has 0 fully saturated rings. The Labute approximate surface area is 92.2 Å². The number of furan rings is 1. The van der Waals surface area contributed by atoms with E-state index in [1.807, 2.05) is 12.1 Å². The van der Waals surface area contributed by atoms with Crippen LogP contribution in [-0.2, 0) is 6.54 Å². The molecule has 0 radical (unpaired) electrons. The molecule has 0 aliphatic rings. The van der Waals surface area contributed by atoms with Gasteiger partial charge in [0, 0.05) is 12.1 Å². The molecular weight excluding hydrogens is 188 g/mol. The first-order chi connectivity index (χ1) is 7.18. The molecule has 0 spiro atoms. The maximum absolute atomic E-state index is 5.89. The van der Waals surface area contributed by atoms with Crippen molar-refractivity contribution in [3.63, 3.8) is 0 Å². The number of hydrogen-bond donors (Lipinski definition) is 1. The highest BCUT2D eigenvalue weighted by atomic mass is 16.3. The van der Waals surface area contributed by atoms with E-state index in [1.165, 1.54) is 0 Å². The van der Waals surface area contributed by atoms with Gasteiger partial charge in [0.05, 0.1) is 12.8 Å². The summed E-state index contributed by atoms with van der Waals surface area (Å²) < 4.78 is 5.35. The van der Waals surface area contributed by atoms with Gasteiger partial charge in [0.2, 0.25) is 0 Å². The summed E-state index contributed by atoms with van der Waals surface area (Å²) in [4.78, 5) is 2.30. The summed E-state index contributed by atoms with van der Waals surface area (Å²) in [5.41, 5.74) is 5.99. The molecule has 0 aliphatic heterocycles. The Hall–Kier alpha value is -0.800. The molecule has 2 N–H and O–H groups in total. The van der Waals surface area contributed by atoms with Gasteiger partial charge in [-0.15, -0.1) is 0 Å². The Kier molecular flexibility index (Phi) is 4.36. The average Bonchev–Trinajstić information content (AvgIpc) is 2.74. The molecule has 0 saturated carbocycles. The molecule has 0 saturated heterocycles. The molecule has 0 aliphatic carbocycles. The Morgan fingerprint density at radius 3 is 2.47 bits per heavy atom. The number of likely N-dealkylation sites (N-methyl/N-ethyl adjacent to an activating group) is 1. The van der Waals surface area contributed by atoms with Crippen LogP contribution in [0.1, 0.15) is 32.4 Å². The fourth-order valence-electron chi connectivity index (χ4n) is 2.04. The molecule has 0 bridgehead atoms. The molecule has 86 valence electrons. The molecule has 1 rings (SSSR count). The molecule has 1 heterocycles. The van der Waals surface area contributed by atoms with Crippen molar-refractivity contribution in [2.24, 2.45) is 5.73 Å². The van der Waals surface area contributed by atoms with Crippen molar-refractivity contribution in [1.29, 1.82) is 0 Å². The van der Waals surface area contributed by atoms with Crippen LogP contribution in [0, 0.1) is 0 Å². The van der Waals surface area contributed by atoms with Crippen LogP contribution in [-0.4, -0.2) is 24.0 Å². The molecule has 15 heavy (non-hydrogen) atoms. The van der Waals surface area contributed by atoms with E-state index in [0.29, 0.717) is 6.54 Å². The Morgan fingerprint density at radius 1 is 1.40 bits per heavy atom. The fraction of sp³-hybridized carbons (Fsp3) is 0.667. The minimum atomic E-state index is 0.104. The second-order valence-electron chi connectivity index (χ2n) is 4.07. The monoisotopic (exact) mass is 210 g/mol. The number of rotatable bonds is 6. The van der Waals surface area contributed by atoms with Crippen LogP contribution < -0.4 is 5.73 Å². The van der Waals surface area contributed by atoms with Gasteiger partial charge in [-0.25, -0.2) is 0 Å². The zero-order valence-corrected chi connectivity index (χ0v) is 9.99. The molecular formula is C12H22N2O. The first-order valence-electron chi connectivity index (χ1n) is 5.62. The Morgan fingerprint density at radius 2 is 2.07 bits per heavy atom. The molecule has 3 nitrogen and oxygen atoms in total. The van der Waals surface area contributed by atoms with Crippen molar-refractivity contribution in [2.75, 3.05) is 13.6 Å². The number of nitrogens with zero attached hydrogens (tertiary/aromatic N) is 1. The van der Waals surface area contributed by atoms with Gasteiger partial charge in [0.15, 0.2) is 0 Å². The lowest BCUT2D eigenvalue weighted by Crippen LogP contribution is -2.50. The minimum Gasteiger partial charge on any atom is -0.468 e. The minimum absolute atomic E-state index is 0.104. The summed E-state index contributed by atoms with van der Waals surface area (Å²) >= 11 is 0. The normalized spacial score (nSPS) is 12.3. The molecule has 0 aromatic carbocycles. The van der Waals surface area contributed by atoms with E-state index in [2.05, 4.69) is 25.8 Å². The van der Waals surface area contributed by atoms with E-state index in [4.69, 9.17) is 10.2 Å². The fourth-order valence-corrected chi connectivity index (χ4v) is 2.04. The summed E-state index contributed by atoms with van der Waals surface area (Å²) in [5, 5.41) is 0. The van der Waals surface area contributed by atoms with Gasteiger partial charge in [0.1, 0.15) is 5.76 Å². The summed E-state index contributed by atoms with van der Waals surface area (Å²) in [7, 11) is 2.11. The lowest BCUT2D eigenvalue weighted by Gasteiger charge is -2.39. The Balaban J connectivity index is 2.68. The van der Waals surface area contributed by atoms with Crippen molar-refractivity contribution in [3.05, 3.63) is 24.2 Å². The number of hydrogen-bond acceptors (Lipinski definition) is 3. The highest BCUT2D eigenvalue weighted by Crippen LogP contribution is 2.23. The molecule has 3 heteroatoms. The molecule has 1 aromatic heterocycles. The van der Waals surface area contributed by atoms with Crippen LogP contribution in [0.2, 0.25) is 0 Å². The zero-order valence-electron chi connectivity index (χ0n) is 9.99. The summed E-state index contributed by atoms with van der Waals surface area (Å²) in [6.45, 7) is 5.90. The zero-order chi connectivity index (χ0) is 11.3. The third kappa shape index (κ3) is 2.61. The third-order valence-electron chi connectivity index (χ3n) is 3.48. The van der Waals surface area contributed by atoms with Crippen molar-refractivity contribution < 1.29 is 4.42 Å². The predicted octanol–water partition coefficient (Wildman–Crippen LogP) is 2.23. The van der Waals surface area contributed by atoms with Crippen LogP contribution >= 0.6 is 0 Å². The van der Waals surface area contributed by atoms with Crippen LogP contribution in [0.4, 0.5) is 0 Å². The maximum Gasteiger partial charge on any atom is 0.117 e. The molecule has 0 amide bonds. The Bertz CT molecular complexity index is 257. The van der Waals surface area contributed by atoms with Crippen LogP contribution in [0.25, 0.3) is 0 Å². The van der Waals surface area contributed by atoms with Gasteiger partial charge in [-0.1, -0.05) is 13.8 Å². The first-order valence-corrected chi connectivity index (χ1v) is 5.62. The van der Waals surface area contributed by atoms with Crippen molar-refractivity contribution in [1.82, 2.24) is 4.90 Å². The van der Waals surface area contributed by atoms with Crippen LogP contribution in [0.3, 0.4) is 0 Å². The predicted molar refractivity (Wildman–Crippen MR) is 62.5 cm³/mol. The lowest BCUT2D eigenvalue weighted by molar-refractivity contribution is 0.0998. The second-order valence-corrected chi connectivity index (χ2v) is 4.07. The van der Waals surface area contributed by atoms with Crippen molar-refractivity contribution >= 4 is 0 Å². The van der Waals surface area contributed by atoms with Gasteiger partial charge >= 0.3 is 0 Å². The van der Waals surface area contributed by atoms with Gasteiger partial charge in [-0.2, -0.15) is 0 Å². The molecule has 1 aromatic rings. The third-order valence-corrected chi connectivity index (χ3v) is 3.48. The standard InChI is InChI=1S/C12H22N2O/c1-4-12(5-2,10-13)14(3)9-11-7-6-8-15-11/h6-8H,4-5,9-10,13H2,1-3H3. The molecule has 0 unspecified atom stereocenters. The quantitative estimate of drug-likeness (QED) is 0.783. The summed E-state index contributed by atoms with van der Waals surface area (Å²) in [6.07, 6.45) is 3.85. The molecule has 0 atom stereocenters. The van der Waals surface area contributed by atoms with Crippen LogP contribution in [0.15, 0.2) is 22.8 Å². The van der Waals surface area contributed by atoms with Gasteiger partial charge < -0.3 is 10.2 Å². The van der Waals surface area contributed by atoms with E-state index in [0.717, 1.165) is 25.1 Å². The van der Waals surface area contributed by atoms with Gasteiger partial charge in [-0.3, -0.25) is 4.90 Å². The van der Waals surface area contributed by atoms with Gasteiger partial charge in [-0.05, 0) is 32.0 Å². The second kappa shape index (κ2) is 5.33. The van der Waals surface area contributed by atoms with Crippen LogP contribution in [0.5, 0.6) is 0 Å². The summed E-state index contributed by atoms with van der Waals surface area (Å²) in [5.74, 6) is 0.997. The average molecular weight is 210 g/mol. The maximum atomic E-state index is 5.89.